The summed E-state index contributed by atoms with van der Waals surface area (Å²) in [5, 5.41) is 16.6. The lowest BCUT2D eigenvalue weighted by Crippen LogP contribution is -2.76. The SMILES string of the molecule is C.CC(C)N(C)c1cc(CN2C[C@H]3N(C(=O)CN(C)N3C(=O)NCc3ccccc3)[C@@H](Cc3ccc(O)cc3)C2=O)ccc1Cl. The van der Waals surface area contributed by atoms with Gasteiger partial charge in [0.2, 0.25) is 11.8 Å². The molecule has 2 saturated heterocycles. The van der Waals surface area contributed by atoms with E-state index in [0.717, 1.165) is 22.4 Å². The number of aromatic hydroxyl groups is 1. The van der Waals surface area contributed by atoms with Gasteiger partial charge in [-0.3, -0.25) is 9.59 Å². The first-order valence-electron chi connectivity index (χ1n) is 14.7. The zero-order valence-corrected chi connectivity index (χ0v) is 26.2. The van der Waals surface area contributed by atoms with E-state index in [4.69, 9.17) is 11.6 Å². The first-order valence-corrected chi connectivity index (χ1v) is 15.1. The fourth-order valence-corrected chi connectivity index (χ4v) is 6.03. The summed E-state index contributed by atoms with van der Waals surface area (Å²) in [6.45, 7) is 4.85. The van der Waals surface area contributed by atoms with Crippen LogP contribution in [0.4, 0.5) is 10.5 Å². The molecule has 0 radical (unpaired) electrons. The van der Waals surface area contributed by atoms with E-state index < -0.39 is 12.2 Å². The standard InChI is InChI=1S/C33H39ClN6O4.CH4/c1-22(2)37(4)28-17-25(12-15-27(28)34)19-38-20-30-39(29(32(38)43)16-23-10-13-26(41)14-11-23)31(42)21-36(3)40(30)33(44)35-18-24-8-6-5-7-9-24;/h5-15,17,22,29-30,41H,16,18-21H2,1-4H3,(H,35,44);1H4/t29-,30-;/m0./s1. The Morgan fingerprint density at radius 2 is 1.69 bits per heavy atom. The van der Waals surface area contributed by atoms with Gasteiger partial charge in [0.05, 0.1) is 23.8 Å². The molecule has 0 bridgehead atoms. The van der Waals surface area contributed by atoms with Crippen molar-refractivity contribution in [1.82, 2.24) is 25.1 Å². The summed E-state index contributed by atoms with van der Waals surface area (Å²) in [5.74, 6) is -0.315. The maximum Gasteiger partial charge on any atom is 0.334 e. The highest BCUT2D eigenvalue weighted by atomic mass is 35.5. The molecule has 2 aliphatic rings. The summed E-state index contributed by atoms with van der Waals surface area (Å²) >= 11 is 6.54. The Kier molecular flexibility index (Phi) is 10.6. The number of fused-ring (bicyclic) bond motifs is 1. The van der Waals surface area contributed by atoms with Crippen molar-refractivity contribution in [2.75, 3.05) is 32.1 Å². The number of halogens is 1. The Labute approximate surface area is 270 Å². The highest BCUT2D eigenvalue weighted by Gasteiger charge is 2.50. The second-order valence-electron chi connectivity index (χ2n) is 11.7. The third kappa shape index (κ3) is 7.34. The molecule has 0 unspecified atom stereocenters. The van der Waals surface area contributed by atoms with Crippen LogP contribution >= 0.6 is 11.6 Å². The molecular weight excluding hydrogens is 592 g/mol. The lowest BCUT2D eigenvalue weighted by molar-refractivity contribution is -0.187. The number of piperazine rings is 1. The zero-order valence-electron chi connectivity index (χ0n) is 25.5. The Morgan fingerprint density at radius 3 is 2.36 bits per heavy atom. The van der Waals surface area contributed by atoms with E-state index in [1.165, 1.54) is 0 Å². The molecule has 3 aromatic carbocycles. The zero-order chi connectivity index (χ0) is 31.5. The summed E-state index contributed by atoms with van der Waals surface area (Å²) in [6, 6.07) is 21.0. The number of hydrogen-bond acceptors (Lipinski definition) is 6. The number of amides is 4. The lowest BCUT2D eigenvalue weighted by Gasteiger charge is -2.54. The van der Waals surface area contributed by atoms with Crippen LogP contribution in [0.1, 0.15) is 38.0 Å². The number of benzene rings is 3. The highest BCUT2D eigenvalue weighted by Crippen LogP contribution is 2.31. The summed E-state index contributed by atoms with van der Waals surface area (Å²) < 4.78 is 0. The van der Waals surface area contributed by atoms with Gasteiger partial charge in [0, 0.05) is 39.6 Å². The molecule has 4 amide bonds. The number of carbonyl (C=O) groups excluding carboxylic acids is 3. The maximum atomic E-state index is 14.2. The molecule has 3 aromatic rings. The average Bonchev–Trinajstić information content (AvgIpc) is 3.00. The summed E-state index contributed by atoms with van der Waals surface area (Å²) in [6.07, 6.45) is -0.481. The predicted octanol–water partition coefficient (Wildman–Crippen LogP) is 4.71. The number of carbonyl (C=O) groups is 3. The van der Waals surface area contributed by atoms with E-state index in [-0.39, 0.29) is 63.1 Å². The van der Waals surface area contributed by atoms with Crippen LogP contribution in [-0.4, -0.2) is 88.2 Å². The molecule has 2 fully saturated rings. The first-order chi connectivity index (χ1) is 21.0. The van der Waals surface area contributed by atoms with Crippen LogP contribution in [0.2, 0.25) is 5.02 Å². The summed E-state index contributed by atoms with van der Waals surface area (Å²) in [5.41, 5.74) is 3.49. The van der Waals surface area contributed by atoms with Gasteiger partial charge in [-0.15, -0.1) is 0 Å². The Bertz CT molecular complexity index is 1500. The minimum Gasteiger partial charge on any atom is -0.508 e. The molecule has 2 atom stereocenters. The van der Waals surface area contributed by atoms with Crippen molar-refractivity contribution in [2.24, 2.45) is 0 Å². The van der Waals surface area contributed by atoms with E-state index >= 15 is 0 Å². The second kappa shape index (κ2) is 14.2. The highest BCUT2D eigenvalue weighted by molar-refractivity contribution is 6.33. The molecule has 2 N–H and O–H groups in total. The molecule has 0 aliphatic carbocycles. The molecule has 10 nitrogen and oxygen atoms in total. The lowest BCUT2D eigenvalue weighted by atomic mass is 9.98. The first kappa shape index (κ1) is 33.6. The molecule has 2 aliphatic heterocycles. The minimum absolute atomic E-state index is 0. The number of urea groups is 1. The van der Waals surface area contributed by atoms with Crippen LogP contribution in [-0.2, 0) is 29.1 Å². The van der Waals surface area contributed by atoms with Gasteiger partial charge in [-0.25, -0.2) is 14.8 Å². The largest absolute Gasteiger partial charge is 0.508 e. The van der Waals surface area contributed by atoms with Crippen LogP contribution in [0.25, 0.3) is 0 Å². The second-order valence-corrected chi connectivity index (χ2v) is 12.1. The van der Waals surface area contributed by atoms with Crippen LogP contribution in [0.3, 0.4) is 0 Å². The van der Waals surface area contributed by atoms with Crippen LogP contribution in [0, 0.1) is 0 Å². The van der Waals surface area contributed by atoms with Crippen LogP contribution in [0.5, 0.6) is 5.75 Å². The molecule has 11 heteroatoms. The van der Waals surface area contributed by atoms with Crippen molar-refractivity contribution in [3.8, 4) is 5.75 Å². The Balaban J connectivity index is 0.00000461. The molecular formula is C34H43ClN6O4. The number of hydrogen-bond donors (Lipinski definition) is 2. The number of nitrogens with one attached hydrogen (secondary N) is 1. The fourth-order valence-electron chi connectivity index (χ4n) is 5.78. The van der Waals surface area contributed by atoms with Crippen LogP contribution < -0.4 is 10.2 Å². The van der Waals surface area contributed by atoms with Crippen molar-refractivity contribution in [3.63, 3.8) is 0 Å². The van der Waals surface area contributed by atoms with Crippen molar-refractivity contribution >= 4 is 35.1 Å². The van der Waals surface area contributed by atoms with E-state index in [1.54, 1.807) is 51.1 Å². The summed E-state index contributed by atoms with van der Waals surface area (Å²) in [7, 11) is 3.68. The van der Waals surface area contributed by atoms with Gasteiger partial charge < -0.3 is 25.1 Å². The molecule has 240 valence electrons. The van der Waals surface area contributed by atoms with Gasteiger partial charge in [0.1, 0.15) is 18.0 Å². The van der Waals surface area contributed by atoms with Crippen molar-refractivity contribution in [2.45, 2.75) is 59.0 Å². The number of anilines is 1. The van der Waals surface area contributed by atoms with E-state index in [0.29, 0.717) is 11.6 Å². The van der Waals surface area contributed by atoms with Gasteiger partial charge in [0.15, 0.2) is 0 Å². The van der Waals surface area contributed by atoms with Crippen molar-refractivity contribution in [3.05, 3.63) is 94.5 Å². The van der Waals surface area contributed by atoms with E-state index in [2.05, 4.69) is 24.1 Å². The number of phenols is 1. The van der Waals surface area contributed by atoms with Crippen LogP contribution in [0.15, 0.2) is 72.8 Å². The van der Waals surface area contributed by atoms with Crippen molar-refractivity contribution < 1.29 is 19.5 Å². The Morgan fingerprint density at radius 1 is 1.02 bits per heavy atom. The van der Waals surface area contributed by atoms with Gasteiger partial charge >= 0.3 is 6.03 Å². The van der Waals surface area contributed by atoms with Gasteiger partial charge in [-0.2, -0.15) is 0 Å². The molecule has 0 saturated carbocycles. The third-order valence-corrected chi connectivity index (χ3v) is 8.66. The fraction of sp³-hybridized carbons (Fsp3) is 0.382. The average molecular weight is 635 g/mol. The predicted molar refractivity (Wildman–Crippen MR) is 177 cm³/mol. The van der Waals surface area contributed by atoms with Crippen molar-refractivity contribution in [1.29, 1.82) is 0 Å². The minimum atomic E-state index is -0.839. The van der Waals surface area contributed by atoms with Gasteiger partial charge in [-0.1, -0.05) is 67.6 Å². The molecule has 0 spiro atoms. The monoisotopic (exact) mass is 634 g/mol. The molecule has 0 aromatic heterocycles. The Hall–Kier alpha value is -4.28. The van der Waals surface area contributed by atoms with E-state index in [1.807, 2.05) is 55.6 Å². The molecule has 45 heavy (non-hydrogen) atoms. The topological polar surface area (TPSA) is 99.7 Å². The molecule has 5 rings (SSSR count). The quantitative estimate of drug-likeness (QED) is 0.373. The third-order valence-electron chi connectivity index (χ3n) is 8.34. The van der Waals surface area contributed by atoms with E-state index in [9.17, 15) is 19.5 Å². The number of rotatable bonds is 8. The number of phenolic OH excluding ortho intramolecular Hbond substituents is 1. The molecule has 2 heterocycles. The number of likely N-dealkylation sites (N-methyl/N-ethyl adjacent to an activating group) is 1. The number of nitrogens with zero attached hydrogens (tertiary/aromatic N) is 5. The smallest absolute Gasteiger partial charge is 0.334 e. The normalized spacial score (nSPS) is 18.5. The maximum absolute atomic E-state index is 14.2. The summed E-state index contributed by atoms with van der Waals surface area (Å²) in [4.78, 5) is 46.8. The van der Waals surface area contributed by atoms with Gasteiger partial charge in [-0.05, 0) is 54.8 Å². The number of hydrazine groups is 1. The van der Waals surface area contributed by atoms with Gasteiger partial charge in [0.25, 0.3) is 0 Å².